The molecule has 4 rings (SSSR count). The molecule has 0 saturated heterocycles. The maximum Gasteiger partial charge on any atom is 0.276 e. The maximum atomic E-state index is 13.2. The lowest BCUT2D eigenvalue weighted by Gasteiger charge is -2.29. The van der Waals surface area contributed by atoms with Gasteiger partial charge in [-0.1, -0.05) is 48.5 Å². The summed E-state index contributed by atoms with van der Waals surface area (Å²) in [4.78, 5) is 34.1. The van der Waals surface area contributed by atoms with Crippen LogP contribution in [-0.4, -0.2) is 34.8 Å². The molecule has 0 unspecified atom stereocenters. The quantitative estimate of drug-likeness (QED) is 0.641. The van der Waals surface area contributed by atoms with Crippen molar-refractivity contribution in [2.45, 2.75) is 26.3 Å². The first-order valence-corrected chi connectivity index (χ1v) is 10.4. The van der Waals surface area contributed by atoms with Crippen molar-refractivity contribution >= 4 is 17.5 Å². The standard InChI is InChI=1S/C25H25N3O2/c1-2-27(18-19-9-4-3-5-10-19)24(29)21-14-15-26-22(17-21)25(30)28-16-8-12-20-11-6-7-13-23(20)28/h3-7,9-11,13-15,17H,2,8,12,16,18H2,1H3. The van der Waals surface area contributed by atoms with E-state index >= 15 is 0 Å². The van der Waals surface area contributed by atoms with E-state index in [1.807, 2.05) is 55.5 Å². The molecular formula is C25H25N3O2. The van der Waals surface area contributed by atoms with Gasteiger partial charge in [-0.2, -0.15) is 0 Å². The molecule has 0 saturated carbocycles. The number of benzene rings is 2. The van der Waals surface area contributed by atoms with Crippen LogP contribution < -0.4 is 4.90 Å². The molecule has 0 atom stereocenters. The van der Waals surface area contributed by atoms with Gasteiger partial charge in [0.15, 0.2) is 0 Å². The van der Waals surface area contributed by atoms with E-state index in [4.69, 9.17) is 0 Å². The molecule has 1 aliphatic heterocycles. The fourth-order valence-corrected chi connectivity index (χ4v) is 3.88. The average Bonchev–Trinajstić information content (AvgIpc) is 2.82. The van der Waals surface area contributed by atoms with Crippen molar-refractivity contribution in [3.05, 3.63) is 95.3 Å². The van der Waals surface area contributed by atoms with Gasteiger partial charge in [0, 0.05) is 37.1 Å². The fourth-order valence-electron chi connectivity index (χ4n) is 3.88. The summed E-state index contributed by atoms with van der Waals surface area (Å²) in [6.45, 7) is 3.73. The van der Waals surface area contributed by atoms with Crippen molar-refractivity contribution in [1.82, 2.24) is 9.88 Å². The van der Waals surface area contributed by atoms with Crippen molar-refractivity contribution in [2.24, 2.45) is 0 Å². The van der Waals surface area contributed by atoms with Crippen molar-refractivity contribution in [3.8, 4) is 0 Å². The number of carbonyl (C=O) groups excluding carboxylic acids is 2. The number of anilines is 1. The molecule has 0 bridgehead atoms. The van der Waals surface area contributed by atoms with Crippen molar-refractivity contribution in [3.63, 3.8) is 0 Å². The van der Waals surface area contributed by atoms with Crippen LogP contribution >= 0.6 is 0 Å². The lowest BCUT2D eigenvalue weighted by atomic mass is 10.0. The summed E-state index contributed by atoms with van der Waals surface area (Å²) < 4.78 is 0. The second-order valence-corrected chi connectivity index (χ2v) is 7.42. The number of carbonyl (C=O) groups is 2. The first-order chi connectivity index (χ1) is 14.7. The second-order valence-electron chi connectivity index (χ2n) is 7.42. The van der Waals surface area contributed by atoms with Gasteiger partial charge >= 0.3 is 0 Å². The molecule has 0 spiro atoms. The van der Waals surface area contributed by atoms with E-state index < -0.39 is 0 Å². The predicted octanol–water partition coefficient (Wildman–Crippen LogP) is 4.34. The Bertz CT molecular complexity index is 1050. The van der Waals surface area contributed by atoms with Crippen LogP contribution in [0.4, 0.5) is 5.69 Å². The van der Waals surface area contributed by atoms with E-state index in [1.165, 1.54) is 5.56 Å². The molecule has 152 valence electrons. The number of aryl methyl sites for hydroxylation is 1. The number of amides is 2. The van der Waals surface area contributed by atoms with Gasteiger partial charge in [0.1, 0.15) is 5.69 Å². The van der Waals surface area contributed by atoms with Crippen LogP contribution in [0, 0.1) is 0 Å². The second kappa shape index (κ2) is 8.91. The summed E-state index contributed by atoms with van der Waals surface area (Å²) in [5.41, 5.74) is 3.96. The third-order valence-electron chi connectivity index (χ3n) is 5.47. The minimum atomic E-state index is -0.164. The largest absolute Gasteiger partial charge is 0.335 e. The lowest BCUT2D eigenvalue weighted by Crippen LogP contribution is -2.36. The molecule has 2 heterocycles. The first-order valence-electron chi connectivity index (χ1n) is 10.4. The van der Waals surface area contributed by atoms with Gasteiger partial charge in [-0.15, -0.1) is 0 Å². The molecule has 0 fully saturated rings. The molecule has 0 aliphatic carbocycles. The Kier molecular flexibility index (Phi) is 5.89. The van der Waals surface area contributed by atoms with Crippen LogP contribution in [0.2, 0.25) is 0 Å². The van der Waals surface area contributed by atoms with Gasteiger partial charge in [0.05, 0.1) is 0 Å². The van der Waals surface area contributed by atoms with E-state index in [9.17, 15) is 9.59 Å². The topological polar surface area (TPSA) is 53.5 Å². The molecule has 2 aromatic carbocycles. The highest BCUT2D eigenvalue weighted by Crippen LogP contribution is 2.28. The van der Waals surface area contributed by atoms with Gasteiger partial charge in [0.2, 0.25) is 0 Å². The number of rotatable bonds is 5. The molecule has 0 N–H and O–H groups in total. The zero-order chi connectivity index (χ0) is 20.9. The number of hydrogen-bond acceptors (Lipinski definition) is 3. The van der Waals surface area contributed by atoms with Crippen LogP contribution in [0.25, 0.3) is 0 Å². The predicted molar refractivity (Wildman–Crippen MR) is 118 cm³/mol. The Balaban J connectivity index is 1.56. The summed E-state index contributed by atoms with van der Waals surface area (Å²) >= 11 is 0. The minimum absolute atomic E-state index is 0.100. The summed E-state index contributed by atoms with van der Waals surface area (Å²) in [6.07, 6.45) is 3.44. The van der Waals surface area contributed by atoms with E-state index in [0.29, 0.717) is 30.9 Å². The number of nitrogens with zero attached hydrogens (tertiary/aromatic N) is 3. The number of pyridine rings is 1. The van der Waals surface area contributed by atoms with Crippen LogP contribution in [-0.2, 0) is 13.0 Å². The Morgan fingerprint density at radius 1 is 1.03 bits per heavy atom. The van der Waals surface area contributed by atoms with Crippen LogP contribution in [0.3, 0.4) is 0 Å². The molecule has 1 aromatic heterocycles. The maximum absolute atomic E-state index is 13.2. The molecule has 0 radical (unpaired) electrons. The molecule has 5 nitrogen and oxygen atoms in total. The Hall–Kier alpha value is -3.47. The molecule has 1 aliphatic rings. The van der Waals surface area contributed by atoms with Crippen molar-refractivity contribution in [2.75, 3.05) is 18.0 Å². The van der Waals surface area contributed by atoms with E-state index in [-0.39, 0.29) is 11.8 Å². The highest BCUT2D eigenvalue weighted by molar-refractivity contribution is 6.07. The third kappa shape index (κ3) is 4.10. The molecule has 30 heavy (non-hydrogen) atoms. The minimum Gasteiger partial charge on any atom is -0.335 e. The normalized spacial score (nSPS) is 12.9. The lowest BCUT2D eigenvalue weighted by molar-refractivity contribution is 0.0752. The van der Waals surface area contributed by atoms with Gasteiger partial charge in [-0.05, 0) is 49.1 Å². The van der Waals surface area contributed by atoms with Crippen molar-refractivity contribution in [1.29, 1.82) is 0 Å². The molecule has 5 heteroatoms. The molecule has 2 amide bonds. The number of hydrogen-bond donors (Lipinski definition) is 0. The average molecular weight is 399 g/mol. The SMILES string of the molecule is CCN(Cc1ccccc1)C(=O)c1ccnc(C(=O)N2CCCc3ccccc32)c1. The summed E-state index contributed by atoms with van der Waals surface area (Å²) in [5, 5.41) is 0. The number of aromatic nitrogens is 1. The highest BCUT2D eigenvalue weighted by Gasteiger charge is 2.25. The van der Waals surface area contributed by atoms with E-state index in [1.54, 1.807) is 28.1 Å². The van der Waals surface area contributed by atoms with Gasteiger partial charge < -0.3 is 9.80 Å². The molecular weight excluding hydrogens is 374 g/mol. The smallest absolute Gasteiger partial charge is 0.276 e. The monoisotopic (exact) mass is 399 g/mol. The first kappa shape index (κ1) is 19.8. The highest BCUT2D eigenvalue weighted by atomic mass is 16.2. The number of fused-ring (bicyclic) bond motifs is 1. The summed E-state index contributed by atoms with van der Waals surface area (Å²) in [6, 6.07) is 21.2. The zero-order valence-electron chi connectivity index (χ0n) is 17.1. The zero-order valence-corrected chi connectivity index (χ0v) is 17.1. The van der Waals surface area contributed by atoms with Gasteiger partial charge in [0.25, 0.3) is 11.8 Å². The number of para-hydroxylation sites is 1. The summed E-state index contributed by atoms with van der Waals surface area (Å²) in [7, 11) is 0. The Morgan fingerprint density at radius 2 is 1.80 bits per heavy atom. The Labute approximate surface area is 177 Å². The van der Waals surface area contributed by atoms with Gasteiger partial charge in [-0.3, -0.25) is 14.6 Å². The van der Waals surface area contributed by atoms with Crippen molar-refractivity contribution < 1.29 is 9.59 Å². The van der Waals surface area contributed by atoms with Crippen LogP contribution in [0.5, 0.6) is 0 Å². The summed E-state index contributed by atoms with van der Waals surface area (Å²) in [5.74, 6) is -0.264. The van der Waals surface area contributed by atoms with Crippen LogP contribution in [0.1, 0.15) is 45.3 Å². The Morgan fingerprint density at radius 3 is 2.60 bits per heavy atom. The third-order valence-corrected chi connectivity index (χ3v) is 5.47. The molecule has 3 aromatic rings. The van der Waals surface area contributed by atoms with Crippen LogP contribution in [0.15, 0.2) is 72.9 Å². The fraction of sp³-hybridized carbons (Fsp3) is 0.240. The van der Waals surface area contributed by atoms with E-state index in [0.717, 1.165) is 24.1 Å². The van der Waals surface area contributed by atoms with Gasteiger partial charge in [-0.25, -0.2) is 0 Å². The van der Waals surface area contributed by atoms with E-state index in [2.05, 4.69) is 11.1 Å².